The average molecular weight is 944 g/mol. The number of aliphatic carboxylic acids is 2. The average Bonchev–Trinajstić information content (AvgIpc) is 3.10. The Kier molecular flexibility index (Phi) is 30.9. The number of aliphatic imine (C=N–C) groups is 2. The molecule has 2 aromatic carbocycles. The van der Waals surface area contributed by atoms with Crippen molar-refractivity contribution in [2.75, 3.05) is 0 Å². The molecule has 0 aliphatic carbocycles. The third kappa shape index (κ3) is 26.4. The number of carbonyl (C=O) groups excluding carboxylic acids is 2. The van der Waals surface area contributed by atoms with Crippen molar-refractivity contribution >= 4 is 66.7 Å². The van der Waals surface area contributed by atoms with Gasteiger partial charge in [-0.1, -0.05) is 64.1 Å². The van der Waals surface area contributed by atoms with E-state index >= 15 is 0 Å². The molecule has 10 heteroatoms. The first-order valence-corrected chi connectivity index (χ1v) is 27.9. The summed E-state index contributed by atoms with van der Waals surface area (Å²) >= 11 is 0.299. The fourth-order valence-electron chi connectivity index (χ4n) is 4.98. The summed E-state index contributed by atoms with van der Waals surface area (Å²) in [4.78, 5) is 30.7. The molecular weight excluding hydrogens is 878 g/mol. The third-order valence-corrected chi connectivity index (χ3v) is 16.2. The maximum atomic E-state index is 12.2. The summed E-state index contributed by atoms with van der Waals surface area (Å²) in [6, 6.07) is 7.24. The Bertz CT molecular complexity index is 1220. The van der Waals surface area contributed by atoms with E-state index in [9.17, 15) is 30.0 Å². The molecule has 2 rings (SSSR count). The van der Waals surface area contributed by atoms with E-state index in [0.717, 1.165) is 11.1 Å². The van der Waals surface area contributed by atoms with Crippen molar-refractivity contribution in [1.29, 1.82) is 0 Å². The van der Waals surface area contributed by atoms with Crippen LogP contribution in [0.15, 0.2) is 46.4 Å². The van der Waals surface area contributed by atoms with E-state index in [1.165, 1.54) is 75.9 Å². The molecule has 0 saturated heterocycles. The molecule has 2 aromatic rings. The minimum absolute atomic E-state index is 0.0993. The van der Waals surface area contributed by atoms with Gasteiger partial charge in [0.2, 0.25) is 0 Å². The number of carbonyl (C=O) groups is 2. The maximum absolute atomic E-state index is 12.2. The number of hydrogen-bond acceptors (Lipinski definition) is 8. The van der Waals surface area contributed by atoms with Crippen molar-refractivity contribution in [3.8, 4) is 11.5 Å². The first-order chi connectivity index (χ1) is 25.3. The fourth-order valence-corrected chi connectivity index (χ4v) is 13.3. The van der Waals surface area contributed by atoms with Gasteiger partial charge in [0.15, 0.2) is 0 Å². The molecule has 0 spiro atoms. The van der Waals surface area contributed by atoms with Crippen molar-refractivity contribution in [1.82, 2.24) is 0 Å². The molecule has 0 radical (unpaired) electrons. The summed E-state index contributed by atoms with van der Waals surface area (Å²) in [7, 11) is 0. The zero-order valence-electron chi connectivity index (χ0n) is 33.9. The first-order valence-electron chi connectivity index (χ1n) is 19.8. The van der Waals surface area contributed by atoms with E-state index < -0.39 is 24.0 Å². The second kappa shape index (κ2) is 32.2. The molecule has 0 N–H and O–H groups in total. The van der Waals surface area contributed by atoms with Gasteiger partial charge in [-0.05, 0) is 53.4 Å². The molecule has 0 aliphatic heterocycles. The van der Waals surface area contributed by atoms with Crippen LogP contribution >= 0.6 is 0 Å². The van der Waals surface area contributed by atoms with Gasteiger partial charge in [0.05, 0.1) is 24.0 Å². The van der Waals surface area contributed by atoms with Crippen LogP contribution < -0.4 is 20.4 Å². The molecule has 53 heavy (non-hydrogen) atoms. The molecule has 8 nitrogen and oxygen atoms in total. The summed E-state index contributed by atoms with van der Waals surface area (Å²) in [5, 5.41) is 47.1. The van der Waals surface area contributed by atoms with E-state index in [4.69, 9.17) is 0 Å². The predicted octanol–water partition coefficient (Wildman–Crippen LogP) is 6.85. The molecule has 0 bridgehead atoms. The first kappa shape index (κ1) is 50.9. The fraction of sp³-hybridized carbons (Fsp3) is 0.628. The van der Waals surface area contributed by atoms with Crippen LogP contribution in [-0.4, -0.2) is 78.7 Å². The molecule has 292 valence electrons. The monoisotopic (exact) mass is 946 g/mol. The van der Waals surface area contributed by atoms with Gasteiger partial charge in [0, 0.05) is 12.4 Å². The van der Waals surface area contributed by atoms with E-state index in [2.05, 4.69) is 37.7 Å². The summed E-state index contributed by atoms with van der Waals surface area (Å²) in [6.45, 7) is 16.7. The molecule has 0 aromatic heterocycles. The summed E-state index contributed by atoms with van der Waals surface area (Å²) in [5.74, 6) is -2.97. The van der Waals surface area contributed by atoms with Crippen molar-refractivity contribution in [3.05, 3.63) is 58.7 Å². The normalized spacial score (nSPS) is 12.1. The number of unbranched alkanes of at least 4 members (excludes halogenated alkanes) is 4. The Morgan fingerprint density at radius 3 is 1.19 bits per heavy atom. The zero-order valence-corrected chi connectivity index (χ0v) is 39.6. The Labute approximate surface area is 342 Å². The van der Waals surface area contributed by atoms with Crippen molar-refractivity contribution in [3.63, 3.8) is 0 Å². The van der Waals surface area contributed by atoms with Crippen molar-refractivity contribution in [2.24, 2.45) is 21.8 Å². The van der Waals surface area contributed by atoms with Crippen LogP contribution in [0.1, 0.15) is 142 Å². The molecule has 0 fully saturated rings. The molecule has 0 aliphatic rings. The Balaban J connectivity index is 0.00000123. The molecule has 0 amide bonds. The van der Waals surface area contributed by atoms with Gasteiger partial charge < -0.3 is 30.0 Å². The van der Waals surface area contributed by atoms with E-state index in [1.54, 1.807) is 42.0 Å². The van der Waals surface area contributed by atoms with Gasteiger partial charge in [-0.3, -0.25) is 9.98 Å². The topological polar surface area (TPSA) is 151 Å². The van der Waals surface area contributed by atoms with Crippen molar-refractivity contribution in [2.45, 2.75) is 156 Å². The molecule has 2 atom stereocenters. The van der Waals surface area contributed by atoms with Crippen LogP contribution in [0, 0.1) is 11.8 Å². The van der Waals surface area contributed by atoms with E-state index in [0.29, 0.717) is 19.3 Å². The Morgan fingerprint density at radius 1 is 0.604 bits per heavy atom. The second-order valence-corrected chi connectivity index (χ2v) is 22.9. The number of nitrogens with zero attached hydrogens (tertiary/aromatic N) is 2. The van der Waals surface area contributed by atoms with Crippen LogP contribution in [-0.2, 0) is 16.0 Å². The summed E-state index contributed by atoms with van der Waals surface area (Å²) < 4.78 is 6.50. The standard InChI is InChI=1S/C27H34N2O6.4C4H9.2Sn/c1-16(2)9-22(26(32)33)28-14-20-12-18(5-7-24(20)30)11-19-6-8-25(31)21(13-19)15-29-23(27(34)35)10-17(3)4;4*1-3-4-2;;/h5-8,12-17,22-23,30-31H,9-11H2,1-4H3,(H,32,33)(H,34,35);4*1,3-4H2,2H3;;/q;;;;;2*+2/p-4/t22-,23-;;;;;;/m0....../s1. The molecule has 0 unspecified atom stereocenters. The van der Waals surface area contributed by atoms with Crippen LogP contribution in [0.25, 0.3) is 0 Å². The van der Waals surface area contributed by atoms with E-state index in [-0.39, 0.29) is 76.7 Å². The number of carboxylic acid groups (broad SMARTS) is 2. The number of rotatable bonds is 24. The van der Waals surface area contributed by atoms with Gasteiger partial charge in [0.25, 0.3) is 0 Å². The Hall–Kier alpha value is -2.08. The summed E-state index contributed by atoms with van der Waals surface area (Å²) in [5.41, 5.74) is 2.03. The summed E-state index contributed by atoms with van der Waals surface area (Å²) in [6.07, 6.45) is 15.2. The van der Waals surface area contributed by atoms with Gasteiger partial charge in [-0.2, -0.15) is 0 Å². The van der Waals surface area contributed by atoms with Crippen LogP contribution in [0.3, 0.4) is 0 Å². The third-order valence-electron chi connectivity index (χ3n) is 8.11. The van der Waals surface area contributed by atoms with Gasteiger partial charge in [0.1, 0.15) is 0 Å². The van der Waals surface area contributed by atoms with Crippen LogP contribution in [0.2, 0.25) is 17.7 Å². The quantitative estimate of drug-likeness (QED) is 0.0639. The molecular formula is C43H66N2O6Sn2. The van der Waals surface area contributed by atoms with Gasteiger partial charge in [-0.15, -0.1) is 11.5 Å². The zero-order chi connectivity index (χ0) is 40.0. The molecule has 0 heterocycles. The van der Waals surface area contributed by atoms with Gasteiger partial charge in [-0.25, -0.2) is 0 Å². The van der Waals surface area contributed by atoms with Crippen molar-refractivity contribution < 1.29 is 30.0 Å². The van der Waals surface area contributed by atoms with Crippen LogP contribution in [0.5, 0.6) is 11.5 Å². The SMILES string of the molecule is CC(C)C[C@H](N=Cc1cc(Cc2ccc([O-])c(C=N[C@@H](CC(C)C)C(=O)[O-])c2)ccc1[O-])C(=O)[O-].CCC[CH2][Sn+2][CH2]CCC.CCC[CH2][Sn+2][CH2]CCC. The molecule has 0 saturated carbocycles. The van der Waals surface area contributed by atoms with Gasteiger partial charge >= 0.3 is 139 Å². The van der Waals surface area contributed by atoms with Crippen LogP contribution in [0.4, 0.5) is 0 Å². The predicted molar refractivity (Wildman–Crippen MR) is 217 cm³/mol. The number of benzene rings is 2. The van der Waals surface area contributed by atoms with E-state index in [1.807, 2.05) is 27.7 Å². The minimum atomic E-state index is -1.29. The number of hydrogen-bond donors (Lipinski definition) is 0. The Morgan fingerprint density at radius 2 is 0.925 bits per heavy atom. The number of carboxylic acids is 2. The second-order valence-electron chi connectivity index (χ2n) is 14.3.